The molecular formula is C55H32N2O. The predicted molar refractivity (Wildman–Crippen MR) is 237 cm³/mol. The maximum atomic E-state index is 6.62. The van der Waals surface area contributed by atoms with Gasteiger partial charge in [0, 0.05) is 27.3 Å². The maximum Gasteiger partial charge on any atom is 0.160 e. The van der Waals surface area contributed by atoms with Gasteiger partial charge in [-0.2, -0.15) is 0 Å². The molecule has 0 bridgehead atoms. The lowest BCUT2D eigenvalue weighted by Gasteiger charge is -2.30. The largest absolute Gasteiger partial charge is 0.455 e. The van der Waals surface area contributed by atoms with E-state index in [0.717, 1.165) is 71.6 Å². The lowest BCUT2D eigenvalue weighted by molar-refractivity contribution is 0.673. The summed E-state index contributed by atoms with van der Waals surface area (Å²) in [5, 5.41) is 5.31. The van der Waals surface area contributed by atoms with Crippen molar-refractivity contribution in [1.82, 2.24) is 9.97 Å². The van der Waals surface area contributed by atoms with E-state index in [9.17, 15) is 0 Å². The molecule has 268 valence electrons. The minimum absolute atomic E-state index is 0.360. The van der Waals surface area contributed by atoms with Crippen molar-refractivity contribution < 1.29 is 4.42 Å². The van der Waals surface area contributed by atoms with Gasteiger partial charge in [0.2, 0.25) is 0 Å². The van der Waals surface area contributed by atoms with Crippen LogP contribution in [-0.4, -0.2) is 9.97 Å². The second-order valence-corrected chi connectivity index (χ2v) is 15.6. The van der Waals surface area contributed by atoms with E-state index >= 15 is 0 Å². The number of nitrogens with zero attached hydrogens (tertiary/aromatic N) is 2. The average Bonchev–Trinajstić information content (AvgIpc) is 3.93. The van der Waals surface area contributed by atoms with E-state index in [1.165, 1.54) is 44.5 Å². The number of hydrogen-bond acceptors (Lipinski definition) is 3. The van der Waals surface area contributed by atoms with Crippen LogP contribution in [0.2, 0.25) is 0 Å². The molecule has 0 amide bonds. The fourth-order valence-corrected chi connectivity index (χ4v) is 10.2. The van der Waals surface area contributed by atoms with E-state index in [1.807, 2.05) is 6.07 Å². The number of fused-ring (bicyclic) bond motifs is 17. The average molecular weight is 737 g/mol. The third kappa shape index (κ3) is 4.17. The highest BCUT2D eigenvalue weighted by Gasteiger charge is 2.51. The van der Waals surface area contributed by atoms with Gasteiger partial charge in [-0.15, -0.1) is 0 Å². The Morgan fingerprint density at radius 3 is 1.76 bits per heavy atom. The second kappa shape index (κ2) is 11.7. The molecule has 2 heterocycles. The summed E-state index contributed by atoms with van der Waals surface area (Å²) >= 11 is 0. The van der Waals surface area contributed by atoms with Crippen LogP contribution in [0.1, 0.15) is 22.3 Å². The Balaban J connectivity index is 1.01. The summed E-state index contributed by atoms with van der Waals surface area (Å²) in [5.41, 5.74) is 18.0. The van der Waals surface area contributed by atoms with Gasteiger partial charge < -0.3 is 4.42 Å². The Labute approximate surface area is 334 Å². The number of rotatable bonds is 3. The van der Waals surface area contributed by atoms with Gasteiger partial charge in [0.05, 0.1) is 22.0 Å². The second-order valence-electron chi connectivity index (χ2n) is 15.6. The van der Waals surface area contributed by atoms with Crippen molar-refractivity contribution >= 4 is 43.6 Å². The summed E-state index contributed by atoms with van der Waals surface area (Å²) in [4.78, 5) is 10.7. The standard InChI is InChI=1S/C55H32N2O/c1-2-14-34(15-3-1)51-43-28-30-49-50(42-27-25-33-13-4-5-18-38(33)53(42)58-49)52(43)57-54(56-51)37-17-12-16-35(31-37)36-26-29-48-44(32-36)41-21-8-11-24-47(41)55(48)45-22-9-6-19-39(45)40-20-7-10-23-46(40)55/h1-32H. The molecule has 2 aromatic heterocycles. The van der Waals surface area contributed by atoms with Crippen molar-refractivity contribution in [2.24, 2.45) is 0 Å². The van der Waals surface area contributed by atoms with Gasteiger partial charge in [-0.3, -0.25) is 0 Å². The normalized spacial score (nSPS) is 13.3. The van der Waals surface area contributed by atoms with Crippen LogP contribution in [0.5, 0.6) is 0 Å². The van der Waals surface area contributed by atoms with Gasteiger partial charge in [0.25, 0.3) is 0 Å². The Hall–Kier alpha value is -7.62. The summed E-state index contributed by atoms with van der Waals surface area (Å²) < 4.78 is 6.62. The van der Waals surface area contributed by atoms with Crippen LogP contribution in [-0.2, 0) is 5.41 Å². The zero-order valence-electron chi connectivity index (χ0n) is 31.3. The summed E-state index contributed by atoms with van der Waals surface area (Å²) in [7, 11) is 0. The Kier molecular flexibility index (Phi) is 6.37. The molecular weight excluding hydrogens is 705 g/mol. The number of benzene rings is 9. The molecule has 0 fully saturated rings. The zero-order valence-corrected chi connectivity index (χ0v) is 31.3. The minimum Gasteiger partial charge on any atom is -0.455 e. The molecule has 3 heteroatoms. The minimum atomic E-state index is -0.360. The van der Waals surface area contributed by atoms with E-state index in [-0.39, 0.29) is 5.41 Å². The van der Waals surface area contributed by atoms with Crippen LogP contribution < -0.4 is 0 Å². The molecule has 58 heavy (non-hydrogen) atoms. The smallest absolute Gasteiger partial charge is 0.160 e. The molecule has 9 aromatic carbocycles. The quantitative estimate of drug-likeness (QED) is 0.181. The van der Waals surface area contributed by atoms with Crippen LogP contribution in [0, 0.1) is 0 Å². The highest BCUT2D eigenvalue weighted by Crippen LogP contribution is 2.63. The van der Waals surface area contributed by atoms with E-state index in [1.54, 1.807) is 0 Å². The van der Waals surface area contributed by atoms with E-state index < -0.39 is 0 Å². The highest BCUT2D eigenvalue weighted by molar-refractivity contribution is 6.23. The third-order valence-electron chi connectivity index (χ3n) is 12.7. The van der Waals surface area contributed by atoms with Gasteiger partial charge in [-0.1, -0.05) is 164 Å². The molecule has 0 unspecified atom stereocenters. The molecule has 0 saturated carbocycles. The Morgan fingerprint density at radius 1 is 0.379 bits per heavy atom. The first kappa shape index (κ1) is 31.6. The lowest BCUT2D eigenvalue weighted by Crippen LogP contribution is -2.25. The molecule has 11 aromatic rings. The molecule has 0 saturated heterocycles. The van der Waals surface area contributed by atoms with E-state index in [2.05, 4.69) is 188 Å². The first-order valence-electron chi connectivity index (χ1n) is 19.9. The zero-order chi connectivity index (χ0) is 38.0. The molecule has 13 rings (SSSR count). The van der Waals surface area contributed by atoms with Crippen molar-refractivity contribution in [3.63, 3.8) is 0 Å². The highest BCUT2D eigenvalue weighted by atomic mass is 16.3. The number of furan rings is 1. The van der Waals surface area contributed by atoms with Crippen LogP contribution in [0.4, 0.5) is 0 Å². The fraction of sp³-hybridized carbons (Fsp3) is 0.0182. The Morgan fingerprint density at radius 2 is 0.983 bits per heavy atom. The molecule has 0 radical (unpaired) electrons. The van der Waals surface area contributed by atoms with Gasteiger partial charge in [-0.05, 0) is 91.4 Å². The fourth-order valence-electron chi connectivity index (χ4n) is 10.2. The molecule has 0 atom stereocenters. The van der Waals surface area contributed by atoms with Crippen molar-refractivity contribution in [3.05, 3.63) is 216 Å². The van der Waals surface area contributed by atoms with Crippen molar-refractivity contribution in [1.29, 1.82) is 0 Å². The van der Waals surface area contributed by atoms with E-state index in [4.69, 9.17) is 14.4 Å². The maximum absolute atomic E-state index is 6.62. The van der Waals surface area contributed by atoms with E-state index in [0.29, 0.717) is 5.82 Å². The van der Waals surface area contributed by atoms with Crippen LogP contribution in [0.25, 0.3) is 99.6 Å². The SMILES string of the molecule is c1ccc(-c2nc(-c3cccc(-c4ccc5c(c4)-c4ccccc4C54c5ccccc5-c5ccccc54)c3)nc3c2ccc2oc4c5ccccc5ccc4c23)cc1. The van der Waals surface area contributed by atoms with Crippen LogP contribution in [0.3, 0.4) is 0 Å². The van der Waals surface area contributed by atoms with Gasteiger partial charge in [0.1, 0.15) is 11.2 Å². The van der Waals surface area contributed by atoms with Gasteiger partial charge in [0.15, 0.2) is 5.82 Å². The summed E-state index contributed by atoms with van der Waals surface area (Å²) in [6.45, 7) is 0. The molecule has 2 aliphatic carbocycles. The summed E-state index contributed by atoms with van der Waals surface area (Å²) in [6.07, 6.45) is 0. The van der Waals surface area contributed by atoms with Crippen molar-refractivity contribution in [2.45, 2.75) is 5.41 Å². The Bertz CT molecular complexity index is 3480. The first-order valence-corrected chi connectivity index (χ1v) is 19.9. The predicted octanol–water partition coefficient (Wildman–Crippen LogP) is 14.0. The summed E-state index contributed by atoms with van der Waals surface area (Å²) in [5.74, 6) is 0.681. The summed E-state index contributed by atoms with van der Waals surface area (Å²) in [6, 6.07) is 70.1. The lowest BCUT2D eigenvalue weighted by atomic mass is 9.70. The molecule has 3 nitrogen and oxygen atoms in total. The van der Waals surface area contributed by atoms with Crippen LogP contribution in [0.15, 0.2) is 199 Å². The molecule has 0 N–H and O–H groups in total. The molecule has 0 aliphatic heterocycles. The topological polar surface area (TPSA) is 38.9 Å². The van der Waals surface area contributed by atoms with Crippen molar-refractivity contribution in [3.8, 4) is 56.0 Å². The molecule has 1 spiro atoms. The number of aromatic nitrogens is 2. The van der Waals surface area contributed by atoms with Crippen LogP contribution >= 0.6 is 0 Å². The van der Waals surface area contributed by atoms with Gasteiger partial charge in [-0.25, -0.2) is 9.97 Å². The monoisotopic (exact) mass is 736 g/mol. The first-order chi connectivity index (χ1) is 28.8. The number of hydrogen-bond donors (Lipinski definition) is 0. The van der Waals surface area contributed by atoms with Gasteiger partial charge >= 0.3 is 0 Å². The third-order valence-corrected chi connectivity index (χ3v) is 12.7. The van der Waals surface area contributed by atoms with Crippen molar-refractivity contribution in [2.75, 3.05) is 0 Å². The molecule has 2 aliphatic rings.